The first kappa shape index (κ1) is 29.6. The van der Waals surface area contributed by atoms with Crippen LogP contribution in [0.1, 0.15) is 75.7 Å². The van der Waals surface area contributed by atoms with Gasteiger partial charge in [-0.3, -0.25) is 0 Å². The molecule has 0 radical (unpaired) electrons. The van der Waals surface area contributed by atoms with Crippen molar-refractivity contribution in [3.05, 3.63) is 47.1 Å². The van der Waals surface area contributed by atoms with Crippen molar-refractivity contribution in [1.82, 2.24) is 24.8 Å². The van der Waals surface area contributed by atoms with Gasteiger partial charge >= 0.3 is 12.2 Å². The van der Waals surface area contributed by atoms with Gasteiger partial charge in [-0.1, -0.05) is 17.3 Å². The Morgan fingerprint density at radius 1 is 0.975 bits per heavy atom. The summed E-state index contributed by atoms with van der Waals surface area (Å²) >= 11 is 0. The van der Waals surface area contributed by atoms with E-state index < -0.39 is 34.8 Å². The lowest BCUT2D eigenvalue weighted by Gasteiger charge is -2.46. The van der Waals surface area contributed by atoms with Gasteiger partial charge < -0.3 is 33.9 Å². The number of urea groups is 1. The van der Waals surface area contributed by atoms with Crippen LogP contribution in [-0.4, -0.2) is 81.9 Å². The number of piperidine rings is 1. The summed E-state index contributed by atoms with van der Waals surface area (Å²) in [6.45, 7) is 10.8. The standard InChI is InChI=1S/C27H36F3N5O5/c1-25(2,3)35(24(37)38)26(4,5)22-31-21(32-40-22)19-14-18(17-6-8-20(9-7-17)27(28,29)30)15-34(16-19)23(36)33-10-12-39-13-11-33/h6-9,18-19H,10-16H2,1-5H3,(H,37,38)/p-1. The predicted molar refractivity (Wildman–Crippen MR) is 135 cm³/mol. The van der Waals surface area contributed by atoms with E-state index in [9.17, 15) is 27.9 Å². The zero-order chi connectivity index (χ0) is 29.5. The van der Waals surface area contributed by atoms with Crippen molar-refractivity contribution in [2.24, 2.45) is 0 Å². The molecule has 220 valence electrons. The molecule has 0 bridgehead atoms. The maximum atomic E-state index is 13.4. The molecule has 13 heteroatoms. The molecule has 0 aliphatic carbocycles. The molecule has 2 aliphatic rings. The number of halogens is 3. The summed E-state index contributed by atoms with van der Waals surface area (Å²) in [6, 6.07) is 4.79. The lowest BCUT2D eigenvalue weighted by molar-refractivity contribution is -0.278. The van der Waals surface area contributed by atoms with E-state index in [1.807, 2.05) is 0 Å². The third kappa shape index (κ3) is 6.18. The lowest BCUT2D eigenvalue weighted by Crippen LogP contribution is -2.59. The minimum atomic E-state index is -4.45. The number of hydrogen-bond acceptors (Lipinski definition) is 7. The Hall–Kier alpha value is -3.35. The summed E-state index contributed by atoms with van der Waals surface area (Å²) in [5.74, 6) is -0.309. The molecule has 2 unspecified atom stereocenters. The fourth-order valence-electron chi connectivity index (χ4n) is 5.67. The quantitative estimate of drug-likeness (QED) is 0.553. The highest BCUT2D eigenvalue weighted by atomic mass is 19.4. The zero-order valence-corrected chi connectivity index (χ0v) is 23.3. The molecule has 3 amide bonds. The molecule has 2 saturated heterocycles. The number of benzene rings is 1. The molecule has 10 nitrogen and oxygen atoms in total. The van der Waals surface area contributed by atoms with Gasteiger partial charge in [0.05, 0.1) is 18.8 Å². The van der Waals surface area contributed by atoms with E-state index in [4.69, 9.17) is 9.26 Å². The van der Waals surface area contributed by atoms with Crippen molar-refractivity contribution in [2.75, 3.05) is 39.4 Å². The van der Waals surface area contributed by atoms with Crippen LogP contribution in [-0.2, 0) is 16.5 Å². The summed E-state index contributed by atoms with van der Waals surface area (Å²) in [6.07, 6.45) is -5.38. The van der Waals surface area contributed by atoms with Gasteiger partial charge in [-0.2, -0.15) is 18.2 Å². The fourth-order valence-corrected chi connectivity index (χ4v) is 5.67. The number of carbonyl (C=O) groups is 2. The third-order valence-corrected chi connectivity index (χ3v) is 7.45. The highest BCUT2D eigenvalue weighted by Crippen LogP contribution is 2.39. The van der Waals surface area contributed by atoms with Gasteiger partial charge in [-0.25, -0.2) is 4.79 Å². The SMILES string of the molecule is CC(C)(C)N(C(=O)[O-])C(C)(C)c1nc(C2CC(c3ccc(C(F)(F)F)cc3)CN(C(=O)N3CCOCC3)C2)no1. The van der Waals surface area contributed by atoms with Gasteiger partial charge in [-0.15, -0.1) is 0 Å². The molecule has 40 heavy (non-hydrogen) atoms. The van der Waals surface area contributed by atoms with E-state index in [0.29, 0.717) is 50.7 Å². The van der Waals surface area contributed by atoms with Crippen LogP contribution in [0.3, 0.4) is 0 Å². The van der Waals surface area contributed by atoms with E-state index in [0.717, 1.165) is 17.0 Å². The second-order valence-corrected chi connectivity index (χ2v) is 11.8. The smallest absolute Gasteiger partial charge is 0.416 e. The topological polar surface area (TPSA) is 115 Å². The van der Waals surface area contributed by atoms with Gasteiger partial charge in [0.25, 0.3) is 5.89 Å². The Morgan fingerprint density at radius 2 is 1.57 bits per heavy atom. The van der Waals surface area contributed by atoms with E-state index in [1.54, 1.807) is 44.4 Å². The molecule has 2 atom stereocenters. The van der Waals surface area contributed by atoms with Crippen LogP contribution in [0.15, 0.2) is 28.8 Å². The number of ether oxygens (including phenoxy) is 1. The van der Waals surface area contributed by atoms with Gasteiger partial charge in [0.1, 0.15) is 11.6 Å². The van der Waals surface area contributed by atoms with Gasteiger partial charge in [0.15, 0.2) is 5.82 Å². The molecule has 0 N–H and O–H groups in total. The first-order valence-electron chi connectivity index (χ1n) is 13.2. The Bertz CT molecular complexity index is 1200. The number of hydrogen-bond donors (Lipinski definition) is 0. The molecule has 2 aromatic rings. The third-order valence-electron chi connectivity index (χ3n) is 7.45. The summed E-state index contributed by atoms with van der Waals surface area (Å²) in [5, 5.41) is 16.2. The van der Waals surface area contributed by atoms with Crippen LogP contribution >= 0.6 is 0 Å². The van der Waals surface area contributed by atoms with E-state index in [1.165, 1.54) is 12.1 Å². The average Bonchev–Trinajstić information content (AvgIpc) is 3.38. The van der Waals surface area contributed by atoms with Gasteiger partial charge in [0, 0.05) is 43.6 Å². The molecule has 3 heterocycles. The molecule has 4 rings (SSSR count). The number of alkyl halides is 3. The van der Waals surface area contributed by atoms with Crippen LogP contribution in [0.2, 0.25) is 0 Å². The number of nitrogens with zero attached hydrogens (tertiary/aromatic N) is 5. The highest BCUT2D eigenvalue weighted by Gasteiger charge is 2.42. The highest BCUT2D eigenvalue weighted by molar-refractivity contribution is 5.75. The van der Waals surface area contributed by atoms with Crippen molar-refractivity contribution in [3.8, 4) is 0 Å². The first-order chi connectivity index (χ1) is 18.6. The van der Waals surface area contributed by atoms with Crippen molar-refractivity contribution >= 4 is 12.1 Å². The molecule has 1 aromatic heterocycles. The van der Waals surface area contributed by atoms with Crippen LogP contribution in [0.25, 0.3) is 0 Å². The van der Waals surface area contributed by atoms with E-state index in [2.05, 4.69) is 10.1 Å². The maximum Gasteiger partial charge on any atom is 0.416 e. The fraction of sp³-hybridized carbons (Fsp3) is 0.630. The summed E-state index contributed by atoms with van der Waals surface area (Å²) in [7, 11) is 0. The van der Waals surface area contributed by atoms with Crippen molar-refractivity contribution in [3.63, 3.8) is 0 Å². The molecule has 2 aliphatic heterocycles. The van der Waals surface area contributed by atoms with Crippen molar-refractivity contribution in [1.29, 1.82) is 0 Å². The van der Waals surface area contributed by atoms with Crippen LogP contribution in [0, 0.1) is 0 Å². The van der Waals surface area contributed by atoms with Crippen LogP contribution in [0.4, 0.5) is 22.8 Å². The van der Waals surface area contributed by atoms with Gasteiger partial charge in [-0.05, 0) is 58.7 Å². The molecule has 0 saturated carbocycles. The number of rotatable bonds is 4. The number of carboxylic acid groups (broad SMARTS) is 1. The average molecular weight is 567 g/mol. The van der Waals surface area contributed by atoms with Crippen molar-refractivity contribution in [2.45, 2.75) is 70.1 Å². The number of aromatic nitrogens is 2. The molecular formula is C27H35F3N5O5-. The monoisotopic (exact) mass is 566 g/mol. The Morgan fingerprint density at radius 3 is 2.12 bits per heavy atom. The Balaban J connectivity index is 1.64. The number of amides is 3. The minimum Gasteiger partial charge on any atom is -0.530 e. The number of likely N-dealkylation sites (tertiary alicyclic amines) is 1. The lowest BCUT2D eigenvalue weighted by atomic mass is 9.84. The summed E-state index contributed by atoms with van der Waals surface area (Å²) in [5.41, 5.74) is -2.12. The molecule has 2 fully saturated rings. The Kier molecular flexibility index (Phi) is 8.08. The van der Waals surface area contributed by atoms with Crippen molar-refractivity contribution < 1.29 is 37.1 Å². The second-order valence-electron chi connectivity index (χ2n) is 11.8. The minimum absolute atomic E-state index is 0.0735. The first-order valence-corrected chi connectivity index (χ1v) is 13.2. The second kappa shape index (κ2) is 10.9. The number of morpholine rings is 1. The zero-order valence-electron chi connectivity index (χ0n) is 23.3. The number of carbonyl (C=O) groups excluding carboxylic acids is 2. The normalized spacial score (nSPS) is 20.9. The Labute approximate surface area is 231 Å². The molecule has 0 spiro atoms. The molecular weight excluding hydrogens is 531 g/mol. The summed E-state index contributed by atoms with van der Waals surface area (Å²) in [4.78, 5) is 34.5. The largest absolute Gasteiger partial charge is 0.530 e. The van der Waals surface area contributed by atoms with Crippen LogP contribution < -0.4 is 5.11 Å². The summed E-state index contributed by atoms with van der Waals surface area (Å²) < 4.78 is 50.4. The van der Waals surface area contributed by atoms with Gasteiger partial charge in [0.2, 0.25) is 0 Å². The van der Waals surface area contributed by atoms with E-state index in [-0.39, 0.29) is 24.4 Å². The van der Waals surface area contributed by atoms with E-state index >= 15 is 0 Å². The molecule has 1 aromatic carbocycles. The van der Waals surface area contributed by atoms with Crippen LogP contribution in [0.5, 0.6) is 0 Å². The maximum absolute atomic E-state index is 13.4. The predicted octanol–water partition coefficient (Wildman–Crippen LogP) is 3.79.